The van der Waals surface area contributed by atoms with Crippen molar-refractivity contribution in [3.8, 4) is 0 Å². The predicted molar refractivity (Wildman–Crippen MR) is 46.9 cm³/mol. The molecule has 0 aliphatic carbocycles. The first-order chi connectivity index (χ1) is 5.56. The average molecular weight is 171 g/mol. The standard InChI is InChI=1S/C8H17N3O/c1-11-3-2-8(12,6-11)7(9)4-10-5-7/h10,12H,2-6,9H2,1H3. The largest absolute Gasteiger partial charge is 0.386 e. The predicted octanol–water partition coefficient (Wildman–Crippen LogP) is -1.65. The van der Waals surface area contributed by atoms with Gasteiger partial charge < -0.3 is 21.1 Å². The molecule has 0 spiro atoms. The smallest absolute Gasteiger partial charge is 0.0989 e. The minimum Gasteiger partial charge on any atom is -0.386 e. The van der Waals surface area contributed by atoms with E-state index >= 15 is 0 Å². The van der Waals surface area contributed by atoms with Crippen molar-refractivity contribution >= 4 is 0 Å². The van der Waals surface area contributed by atoms with Crippen LogP contribution >= 0.6 is 0 Å². The number of rotatable bonds is 1. The van der Waals surface area contributed by atoms with Gasteiger partial charge >= 0.3 is 0 Å². The molecule has 0 saturated carbocycles. The molecule has 0 aromatic carbocycles. The van der Waals surface area contributed by atoms with Gasteiger partial charge in [-0.3, -0.25) is 0 Å². The second-order valence-electron chi connectivity index (χ2n) is 4.28. The number of nitrogens with one attached hydrogen (secondary N) is 1. The molecule has 2 aliphatic heterocycles. The Bertz CT molecular complexity index is 193. The number of β-amino-alcohol motifs (C(OH)–C–C–N with tert-alkyl or cyclic N) is 1. The topological polar surface area (TPSA) is 61.5 Å². The number of likely N-dealkylation sites (tertiary alicyclic amines) is 1. The Morgan fingerprint density at radius 3 is 2.50 bits per heavy atom. The zero-order valence-corrected chi connectivity index (χ0v) is 7.51. The molecule has 0 aromatic heterocycles. The molecule has 2 heterocycles. The SMILES string of the molecule is CN1CCC(O)(C2(N)CNC2)C1. The quantitative estimate of drug-likeness (QED) is 0.442. The Hall–Kier alpha value is -0.160. The number of aliphatic hydroxyl groups is 1. The van der Waals surface area contributed by atoms with Crippen LogP contribution in [0.15, 0.2) is 0 Å². The number of nitrogens with two attached hydrogens (primary N) is 1. The summed E-state index contributed by atoms with van der Waals surface area (Å²) in [6.45, 7) is 3.16. The third-order valence-corrected chi connectivity index (χ3v) is 3.25. The zero-order chi connectivity index (χ0) is 8.82. The van der Waals surface area contributed by atoms with Crippen LogP contribution in [0.1, 0.15) is 6.42 Å². The molecule has 2 rings (SSSR count). The summed E-state index contributed by atoms with van der Waals surface area (Å²) in [6.07, 6.45) is 0.807. The molecule has 1 atom stereocenters. The van der Waals surface area contributed by atoms with Crippen LogP contribution in [0.3, 0.4) is 0 Å². The van der Waals surface area contributed by atoms with Crippen LogP contribution in [-0.4, -0.2) is 54.4 Å². The number of hydrogen-bond acceptors (Lipinski definition) is 4. The lowest BCUT2D eigenvalue weighted by molar-refractivity contribution is -0.0477. The van der Waals surface area contributed by atoms with E-state index in [-0.39, 0.29) is 5.54 Å². The molecule has 1 unspecified atom stereocenters. The fourth-order valence-corrected chi connectivity index (χ4v) is 2.11. The molecule has 0 bridgehead atoms. The van der Waals surface area contributed by atoms with Crippen molar-refractivity contribution in [3.05, 3.63) is 0 Å². The summed E-state index contributed by atoms with van der Waals surface area (Å²) in [5, 5.41) is 13.3. The summed E-state index contributed by atoms with van der Waals surface area (Å²) in [4.78, 5) is 2.13. The Labute approximate surface area is 72.7 Å². The van der Waals surface area contributed by atoms with Crippen LogP contribution in [0.4, 0.5) is 0 Å². The monoisotopic (exact) mass is 171 g/mol. The third-order valence-electron chi connectivity index (χ3n) is 3.25. The fourth-order valence-electron chi connectivity index (χ4n) is 2.11. The summed E-state index contributed by atoms with van der Waals surface area (Å²) in [7, 11) is 2.02. The molecule has 4 nitrogen and oxygen atoms in total. The molecular weight excluding hydrogens is 154 g/mol. The van der Waals surface area contributed by atoms with Gasteiger partial charge in [0.1, 0.15) is 0 Å². The van der Waals surface area contributed by atoms with Gasteiger partial charge in [0.15, 0.2) is 0 Å². The van der Waals surface area contributed by atoms with Gasteiger partial charge in [0, 0.05) is 26.2 Å². The lowest BCUT2D eigenvalue weighted by Gasteiger charge is -2.49. The highest BCUT2D eigenvalue weighted by atomic mass is 16.3. The van der Waals surface area contributed by atoms with Gasteiger partial charge in [0.2, 0.25) is 0 Å². The Kier molecular flexibility index (Phi) is 1.70. The molecule has 2 aliphatic rings. The second kappa shape index (κ2) is 2.42. The molecule has 0 amide bonds. The van der Waals surface area contributed by atoms with Gasteiger partial charge in [-0.15, -0.1) is 0 Å². The van der Waals surface area contributed by atoms with Crippen LogP contribution in [0, 0.1) is 0 Å². The van der Waals surface area contributed by atoms with E-state index in [4.69, 9.17) is 5.73 Å². The highest BCUT2D eigenvalue weighted by Gasteiger charge is 2.53. The molecule has 4 N–H and O–H groups in total. The molecule has 0 aromatic rings. The van der Waals surface area contributed by atoms with Crippen molar-refractivity contribution < 1.29 is 5.11 Å². The summed E-state index contributed by atoms with van der Waals surface area (Å²) < 4.78 is 0. The average Bonchev–Trinajstić information content (AvgIpc) is 2.27. The zero-order valence-electron chi connectivity index (χ0n) is 7.51. The first-order valence-electron chi connectivity index (χ1n) is 4.46. The van der Waals surface area contributed by atoms with Gasteiger partial charge in [0.05, 0.1) is 11.1 Å². The maximum Gasteiger partial charge on any atom is 0.0989 e. The molecule has 12 heavy (non-hydrogen) atoms. The van der Waals surface area contributed by atoms with E-state index in [1.165, 1.54) is 0 Å². The van der Waals surface area contributed by atoms with Gasteiger partial charge in [0.25, 0.3) is 0 Å². The fraction of sp³-hybridized carbons (Fsp3) is 1.00. The molecule has 2 fully saturated rings. The normalized spacial score (nSPS) is 41.2. The second-order valence-corrected chi connectivity index (χ2v) is 4.28. The van der Waals surface area contributed by atoms with Crippen molar-refractivity contribution in [3.63, 3.8) is 0 Å². The van der Waals surface area contributed by atoms with Crippen molar-refractivity contribution in [2.24, 2.45) is 5.73 Å². The van der Waals surface area contributed by atoms with E-state index in [0.29, 0.717) is 6.54 Å². The van der Waals surface area contributed by atoms with Gasteiger partial charge in [-0.05, 0) is 13.5 Å². The van der Waals surface area contributed by atoms with Crippen LogP contribution in [0.2, 0.25) is 0 Å². The first-order valence-corrected chi connectivity index (χ1v) is 4.46. The van der Waals surface area contributed by atoms with Crippen LogP contribution in [-0.2, 0) is 0 Å². The summed E-state index contributed by atoms with van der Waals surface area (Å²) in [5.41, 5.74) is 5.03. The van der Waals surface area contributed by atoms with Gasteiger partial charge in [-0.1, -0.05) is 0 Å². The van der Waals surface area contributed by atoms with Crippen molar-refractivity contribution in [2.75, 3.05) is 33.2 Å². The number of nitrogens with zero attached hydrogens (tertiary/aromatic N) is 1. The van der Waals surface area contributed by atoms with E-state index in [1.807, 2.05) is 7.05 Å². The molecule has 0 radical (unpaired) electrons. The summed E-state index contributed by atoms with van der Waals surface area (Å²) in [6, 6.07) is 0. The van der Waals surface area contributed by atoms with E-state index < -0.39 is 5.60 Å². The van der Waals surface area contributed by atoms with E-state index in [1.54, 1.807) is 0 Å². The van der Waals surface area contributed by atoms with Crippen molar-refractivity contribution in [2.45, 2.75) is 17.6 Å². The molecule has 70 valence electrons. The maximum absolute atomic E-state index is 10.2. The van der Waals surface area contributed by atoms with Crippen molar-refractivity contribution in [1.82, 2.24) is 10.2 Å². The molecular formula is C8H17N3O. The minimum absolute atomic E-state index is 0.377. The van der Waals surface area contributed by atoms with Crippen LogP contribution in [0.5, 0.6) is 0 Å². The van der Waals surface area contributed by atoms with E-state index in [2.05, 4.69) is 10.2 Å². The lowest BCUT2D eigenvalue weighted by atomic mass is 9.75. The number of hydrogen-bond donors (Lipinski definition) is 3. The van der Waals surface area contributed by atoms with Gasteiger partial charge in [-0.25, -0.2) is 0 Å². The minimum atomic E-state index is -0.660. The maximum atomic E-state index is 10.2. The lowest BCUT2D eigenvalue weighted by Crippen LogP contribution is -2.77. The Balaban J connectivity index is 2.10. The third kappa shape index (κ3) is 0.992. The highest BCUT2D eigenvalue weighted by Crippen LogP contribution is 2.32. The Morgan fingerprint density at radius 2 is 2.17 bits per heavy atom. The van der Waals surface area contributed by atoms with Crippen LogP contribution in [0.25, 0.3) is 0 Å². The van der Waals surface area contributed by atoms with E-state index in [0.717, 1.165) is 26.1 Å². The van der Waals surface area contributed by atoms with Gasteiger partial charge in [-0.2, -0.15) is 0 Å². The molecule has 4 heteroatoms. The van der Waals surface area contributed by atoms with Crippen molar-refractivity contribution in [1.29, 1.82) is 0 Å². The first kappa shape index (κ1) is 8.44. The summed E-state index contributed by atoms with van der Waals surface area (Å²) in [5.74, 6) is 0. The van der Waals surface area contributed by atoms with E-state index in [9.17, 15) is 5.11 Å². The van der Waals surface area contributed by atoms with Crippen LogP contribution < -0.4 is 11.1 Å². The Morgan fingerprint density at radius 1 is 1.50 bits per heavy atom. The molecule has 2 saturated heterocycles. The number of likely N-dealkylation sites (N-methyl/N-ethyl adjacent to an activating group) is 1. The summed E-state index contributed by atoms with van der Waals surface area (Å²) >= 11 is 0. The highest BCUT2D eigenvalue weighted by molar-refractivity contribution is 5.15.